The number of nitrogens with one attached hydrogen (secondary N) is 1. The average molecular weight is 391 g/mol. The molecule has 2 atom stereocenters. The largest absolute Gasteiger partial charge is 0.416 e. The van der Waals surface area contributed by atoms with Gasteiger partial charge in [0.25, 0.3) is 0 Å². The van der Waals surface area contributed by atoms with Gasteiger partial charge in [0, 0.05) is 24.0 Å². The van der Waals surface area contributed by atoms with Crippen molar-refractivity contribution in [1.29, 1.82) is 0 Å². The molecule has 0 amide bonds. The van der Waals surface area contributed by atoms with Crippen molar-refractivity contribution in [2.75, 3.05) is 12.4 Å². The zero-order chi connectivity index (χ0) is 20.3. The highest BCUT2D eigenvalue weighted by Crippen LogP contribution is 2.32. The van der Waals surface area contributed by atoms with Crippen LogP contribution in [-0.2, 0) is 10.9 Å². The number of para-hydroxylation sites is 1. The number of aromatic nitrogens is 4. The van der Waals surface area contributed by atoms with Gasteiger partial charge in [-0.1, -0.05) is 12.1 Å². The smallest absolute Gasteiger partial charge is 0.379 e. The lowest BCUT2D eigenvalue weighted by molar-refractivity contribution is -0.137. The fourth-order valence-electron chi connectivity index (χ4n) is 2.58. The molecule has 3 aromatic rings. The lowest BCUT2D eigenvalue weighted by atomic mass is 10.1. The van der Waals surface area contributed by atoms with E-state index in [2.05, 4.69) is 20.7 Å². The number of anilines is 2. The molecular formula is C19H20F3N5O. The van der Waals surface area contributed by atoms with Gasteiger partial charge in [0.2, 0.25) is 5.82 Å². The van der Waals surface area contributed by atoms with Crippen LogP contribution >= 0.6 is 0 Å². The van der Waals surface area contributed by atoms with Crippen LogP contribution in [0.3, 0.4) is 0 Å². The highest BCUT2D eigenvalue weighted by atomic mass is 19.4. The molecule has 0 aliphatic carbocycles. The van der Waals surface area contributed by atoms with Crippen molar-refractivity contribution >= 4 is 11.4 Å². The topological polar surface area (TPSA) is 64.9 Å². The molecule has 0 radical (unpaired) electrons. The van der Waals surface area contributed by atoms with E-state index in [9.17, 15) is 13.2 Å². The van der Waals surface area contributed by atoms with Gasteiger partial charge in [-0.2, -0.15) is 18.0 Å². The summed E-state index contributed by atoms with van der Waals surface area (Å²) in [7, 11) is 1.61. The number of tetrazole rings is 1. The van der Waals surface area contributed by atoms with Crippen molar-refractivity contribution in [2.45, 2.75) is 32.2 Å². The summed E-state index contributed by atoms with van der Waals surface area (Å²) >= 11 is 0. The predicted octanol–water partition coefficient (Wildman–Crippen LogP) is 4.70. The molecule has 28 heavy (non-hydrogen) atoms. The van der Waals surface area contributed by atoms with Crippen molar-refractivity contribution in [1.82, 2.24) is 20.2 Å². The summed E-state index contributed by atoms with van der Waals surface area (Å²) < 4.78 is 43.5. The van der Waals surface area contributed by atoms with E-state index in [-0.39, 0.29) is 12.1 Å². The van der Waals surface area contributed by atoms with Crippen LogP contribution in [-0.4, -0.2) is 33.4 Å². The van der Waals surface area contributed by atoms with E-state index in [1.807, 2.05) is 32.0 Å². The van der Waals surface area contributed by atoms with Crippen molar-refractivity contribution < 1.29 is 17.9 Å². The number of methoxy groups -OCH3 is 1. The molecule has 9 heteroatoms. The van der Waals surface area contributed by atoms with Gasteiger partial charge in [-0.3, -0.25) is 0 Å². The average Bonchev–Trinajstić information content (AvgIpc) is 3.17. The molecule has 1 N–H and O–H groups in total. The molecular weight excluding hydrogens is 371 g/mol. The molecule has 148 valence electrons. The molecule has 0 bridgehead atoms. The van der Waals surface area contributed by atoms with Gasteiger partial charge in [-0.05, 0) is 55.5 Å². The third-order valence-corrected chi connectivity index (χ3v) is 4.50. The molecule has 0 aliphatic heterocycles. The van der Waals surface area contributed by atoms with E-state index in [1.165, 1.54) is 16.9 Å². The third kappa shape index (κ3) is 4.30. The van der Waals surface area contributed by atoms with E-state index < -0.39 is 11.7 Å². The minimum Gasteiger partial charge on any atom is -0.379 e. The monoisotopic (exact) mass is 391 g/mol. The number of nitrogens with zero attached hydrogens (tertiary/aromatic N) is 4. The van der Waals surface area contributed by atoms with Crippen LogP contribution in [0.15, 0.2) is 48.5 Å². The molecule has 0 spiro atoms. The lowest BCUT2D eigenvalue weighted by Crippen LogP contribution is -2.22. The van der Waals surface area contributed by atoms with Gasteiger partial charge in [0.1, 0.15) is 0 Å². The first kappa shape index (κ1) is 19.8. The van der Waals surface area contributed by atoms with Crippen molar-refractivity contribution in [3.8, 4) is 11.4 Å². The first-order valence-corrected chi connectivity index (χ1v) is 8.65. The van der Waals surface area contributed by atoms with E-state index in [0.29, 0.717) is 22.8 Å². The first-order valence-electron chi connectivity index (χ1n) is 8.65. The van der Waals surface area contributed by atoms with Gasteiger partial charge in [-0.15, -0.1) is 10.2 Å². The molecule has 1 heterocycles. The standard InChI is InChI=1S/C19H20F3N5O/c1-12(13(2)28-3)27-25-18(24-26-27)16-6-4-5-7-17(16)23-15-10-8-14(9-11-15)19(20,21)22/h4-13,23H,1-3H3. The number of ether oxygens (including phenoxy) is 1. The molecule has 0 aliphatic rings. The van der Waals surface area contributed by atoms with Crippen LogP contribution in [0.25, 0.3) is 11.4 Å². The van der Waals surface area contributed by atoms with Crippen LogP contribution in [0.1, 0.15) is 25.5 Å². The normalized spacial score (nSPS) is 13.9. The summed E-state index contributed by atoms with van der Waals surface area (Å²) in [5, 5.41) is 15.7. The summed E-state index contributed by atoms with van der Waals surface area (Å²) in [6, 6.07) is 12.0. The Morgan fingerprint density at radius 1 is 1.04 bits per heavy atom. The van der Waals surface area contributed by atoms with Crippen LogP contribution < -0.4 is 5.32 Å². The maximum absolute atomic E-state index is 12.7. The Morgan fingerprint density at radius 2 is 1.71 bits per heavy atom. The number of hydrogen-bond acceptors (Lipinski definition) is 5. The Bertz CT molecular complexity index is 924. The summed E-state index contributed by atoms with van der Waals surface area (Å²) in [6.45, 7) is 3.83. The summed E-state index contributed by atoms with van der Waals surface area (Å²) in [5.41, 5.74) is 1.17. The molecule has 2 unspecified atom stereocenters. The zero-order valence-corrected chi connectivity index (χ0v) is 15.6. The Balaban J connectivity index is 1.85. The van der Waals surface area contributed by atoms with Crippen molar-refractivity contribution in [3.05, 3.63) is 54.1 Å². The second kappa shape index (κ2) is 7.97. The molecule has 6 nitrogen and oxygen atoms in total. The van der Waals surface area contributed by atoms with Crippen molar-refractivity contribution in [2.24, 2.45) is 0 Å². The van der Waals surface area contributed by atoms with Crippen LogP contribution in [0, 0.1) is 0 Å². The lowest BCUT2D eigenvalue weighted by Gasteiger charge is -2.16. The van der Waals surface area contributed by atoms with Gasteiger partial charge >= 0.3 is 6.18 Å². The van der Waals surface area contributed by atoms with E-state index in [4.69, 9.17) is 4.74 Å². The number of halogens is 3. The van der Waals surface area contributed by atoms with Gasteiger partial charge in [-0.25, -0.2) is 0 Å². The molecule has 3 rings (SSSR count). The van der Waals surface area contributed by atoms with Crippen molar-refractivity contribution in [3.63, 3.8) is 0 Å². The fourth-order valence-corrected chi connectivity index (χ4v) is 2.58. The third-order valence-electron chi connectivity index (χ3n) is 4.50. The maximum atomic E-state index is 12.7. The molecule has 0 fully saturated rings. The zero-order valence-electron chi connectivity index (χ0n) is 15.6. The number of alkyl halides is 3. The Morgan fingerprint density at radius 3 is 2.36 bits per heavy atom. The van der Waals surface area contributed by atoms with Gasteiger partial charge in [0.15, 0.2) is 0 Å². The predicted molar refractivity (Wildman–Crippen MR) is 99.2 cm³/mol. The second-order valence-electron chi connectivity index (χ2n) is 6.36. The number of rotatable bonds is 6. The molecule has 1 aromatic heterocycles. The first-order chi connectivity index (χ1) is 13.3. The summed E-state index contributed by atoms with van der Waals surface area (Å²) in [4.78, 5) is 1.48. The van der Waals surface area contributed by atoms with E-state index in [0.717, 1.165) is 12.1 Å². The summed E-state index contributed by atoms with van der Waals surface area (Å²) in [5.74, 6) is 0.408. The van der Waals surface area contributed by atoms with E-state index in [1.54, 1.807) is 13.2 Å². The molecule has 0 saturated carbocycles. The molecule has 2 aromatic carbocycles. The number of hydrogen-bond donors (Lipinski definition) is 1. The van der Waals surface area contributed by atoms with Gasteiger partial charge < -0.3 is 10.1 Å². The fraction of sp³-hybridized carbons (Fsp3) is 0.316. The van der Waals surface area contributed by atoms with Gasteiger partial charge in [0.05, 0.1) is 17.7 Å². The van der Waals surface area contributed by atoms with E-state index >= 15 is 0 Å². The quantitative estimate of drug-likeness (QED) is 0.660. The Hall–Kier alpha value is -2.94. The van der Waals surface area contributed by atoms with Crippen LogP contribution in [0.2, 0.25) is 0 Å². The highest BCUT2D eigenvalue weighted by Gasteiger charge is 2.30. The second-order valence-corrected chi connectivity index (χ2v) is 6.36. The molecule has 0 saturated heterocycles. The SMILES string of the molecule is COC(C)C(C)n1nnc(-c2ccccc2Nc2ccc(C(F)(F)F)cc2)n1. The maximum Gasteiger partial charge on any atom is 0.416 e. The van der Waals surface area contributed by atoms with Crippen LogP contribution in [0.5, 0.6) is 0 Å². The minimum atomic E-state index is -4.37. The Labute approximate surface area is 160 Å². The van der Waals surface area contributed by atoms with Crippen LogP contribution in [0.4, 0.5) is 24.5 Å². The minimum absolute atomic E-state index is 0.0948. The Kier molecular flexibility index (Phi) is 5.64. The summed E-state index contributed by atoms with van der Waals surface area (Å²) in [6.07, 6.45) is -4.46. The highest BCUT2D eigenvalue weighted by molar-refractivity contribution is 5.77. The number of benzene rings is 2.